The van der Waals surface area contributed by atoms with Crippen molar-refractivity contribution in [1.29, 1.82) is 0 Å². The number of nitrogens with one attached hydrogen (secondary N) is 1. The zero-order chi connectivity index (χ0) is 13.5. The molecular formula is C10H12N2O6. The number of carbonyl (C=O) groups is 3. The summed E-state index contributed by atoms with van der Waals surface area (Å²) in [6.45, 7) is 0. The fraction of sp³-hybridized carbons (Fsp3) is 0.400. The lowest BCUT2D eigenvalue weighted by molar-refractivity contribution is -0.142. The maximum Gasteiger partial charge on any atom is 0.326 e. The van der Waals surface area contributed by atoms with Gasteiger partial charge in [0.1, 0.15) is 12.3 Å². The van der Waals surface area contributed by atoms with Crippen molar-refractivity contribution >= 4 is 17.8 Å². The van der Waals surface area contributed by atoms with Gasteiger partial charge < -0.3 is 19.7 Å². The van der Waals surface area contributed by atoms with Crippen LogP contribution in [0.4, 0.5) is 0 Å². The van der Waals surface area contributed by atoms with Crippen LogP contribution in [0.15, 0.2) is 16.9 Å². The van der Waals surface area contributed by atoms with Crippen molar-refractivity contribution in [2.24, 2.45) is 0 Å². The first-order valence-electron chi connectivity index (χ1n) is 5.05. The van der Waals surface area contributed by atoms with Gasteiger partial charge in [-0.1, -0.05) is 5.16 Å². The summed E-state index contributed by atoms with van der Waals surface area (Å²) in [4.78, 5) is 33.3. The third-order valence-electron chi connectivity index (χ3n) is 2.14. The number of aliphatic carboxylic acids is 1. The van der Waals surface area contributed by atoms with Crippen LogP contribution in [-0.4, -0.2) is 41.3 Å². The minimum absolute atomic E-state index is 0.0284. The Morgan fingerprint density at radius 1 is 1.56 bits per heavy atom. The van der Waals surface area contributed by atoms with Gasteiger partial charge in [-0.15, -0.1) is 0 Å². The Hall–Kier alpha value is -2.38. The SMILES string of the molecule is COC(=O)CC[C@H](NC(=O)c1ccon1)C(=O)O. The highest BCUT2D eigenvalue weighted by Gasteiger charge is 2.22. The number of hydrogen-bond acceptors (Lipinski definition) is 6. The molecule has 0 spiro atoms. The van der Waals surface area contributed by atoms with Crippen molar-refractivity contribution in [3.8, 4) is 0 Å². The lowest BCUT2D eigenvalue weighted by Crippen LogP contribution is -2.41. The summed E-state index contributed by atoms with van der Waals surface area (Å²) >= 11 is 0. The number of esters is 1. The lowest BCUT2D eigenvalue weighted by atomic mass is 10.1. The van der Waals surface area contributed by atoms with Crippen LogP contribution in [0.25, 0.3) is 0 Å². The minimum atomic E-state index is -1.24. The molecule has 1 heterocycles. The van der Waals surface area contributed by atoms with Crippen LogP contribution in [-0.2, 0) is 14.3 Å². The Labute approximate surface area is 102 Å². The van der Waals surface area contributed by atoms with Crippen molar-refractivity contribution in [3.63, 3.8) is 0 Å². The summed E-state index contributed by atoms with van der Waals surface area (Å²) in [5.74, 6) is -2.46. The summed E-state index contributed by atoms with van der Waals surface area (Å²) in [5, 5.41) is 14.5. The van der Waals surface area contributed by atoms with E-state index in [1.807, 2.05) is 0 Å². The van der Waals surface area contributed by atoms with Gasteiger partial charge in [-0.25, -0.2) is 4.79 Å². The first-order chi connectivity index (χ1) is 8.54. The monoisotopic (exact) mass is 256 g/mol. The Morgan fingerprint density at radius 3 is 2.78 bits per heavy atom. The third-order valence-corrected chi connectivity index (χ3v) is 2.14. The first-order valence-corrected chi connectivity index (χ1v) is 5.05. The van der Waals surface area contributed by atoms with Gasteiger partial charge in [0.25, 0.3) is 5.91 Å². The van der Waals surface area contributed by atoms with Crippen molar-refractivity contribution < 1.29 is 28.8 Å². The van der Waals surface area contributed by atoms with E-state index in [1.54, 1.807) is 0 Å². The third kappa shape index (κ3) is 3.89. The second-order valence-electron chi connectivity index (χ2n) is 3.36. The van der Waals surface area contributed by atoms with Gasteiger partial charge in [0.05, 0.1) is 7.11 Å². The predicted octanol–water partition coefficient (Wildman–Crippen LogP) is -0.189. The fourth-order valence-electron chi connectivity index (χ4n) is 1.18. The number of ether oxygens (including phenoxy) is 1. The molecule has 2 N–H and O–H groups in total. The fourth-order valence-corrected chi connectivity index (χ4v) is 1.18. The van der Waals surface area contributed by atoms with Crippen LogP contribution >= 0.6 is 0 Å². The molecule has 98 valence electrons. The van der Waals surface area contributed by atoms with Crippen LogP contribution in [0.1, 0.15) is 23.3 Å². The van der Waals surface area contributed by atoms with Crippen LogP contribution in [0.3, 0.4) is 0 Å². The van der Waals surface area contributed by atoms with E-state index in [-0.39, 0.29) is 18.5 Å². The molecule has 0 fully saturated rings. The minimum Gasteiger partial charge on any atom is -0.480 e. The highest BCUT2D eigenvalue weighted by molar-refractivity contribution is 5.94. The number of aromatic nitrogens is 1. The van der Waals surface area contributed by atoms with Crippen molar-refractivity contribution in [3.05, 3.63) is 18.0 Å². The van der Waals surface area contributed by atoms with Gasteiger partial charge in [0, 0.05) is 12.5 Å². The molecule has 1 atom stereocenters. The smallest absolute Gasteiger partial charge is 0.326 e. The van der Waals surface area contributed by atoms with Gasteiger partial charge in [0.15, 0.2) is 5.69 Å². The predicted molar refractivity (Wildman–Crippen MR) is 56.6 cm³/mol. The maximum absolute atomic E-state index is 11.5. The average molecular weight is 256 g/mol. The first kappa shape index (κ1) is 13.7. The molecular weight excluding hydrogens is 244 g/mol. The van der Waals surface area contributed by atoms with Gasteiger partial charge in [-0.3, -0.25) is 9.59 Å². The van der Waals surface area contributed by atoms with E-state index in [4.69, 9.17) is 5.11 Å². The topological polar surface area (TPSA) is 119 Å². The van der Waals surface area contributed by atoms with Crippen LogP contribution in [0, 0.1) is 0 Å². The maximum atomic E-state index is 11.5. The van der Waals surface area contributed by atoms with Crippen molar-refractivity contribution in [2.75, 3.05) is 7.11 Å². The Morgan fingerprint density at radius 2 is 2.28 bits per heavy atom. The molecule has 8 heteroatoms. The normalized spacial score (nSPS) is 11.6. The molecule has 0 unspecified atom stereocenters. The molecule has 0 saturated carbocycles. The largest absolute Gasteiger partial charge is 0.480 e. The van der Waals surface area contributed by atoms with Crippen LogP contribution in [0.2, 0.25) is 0 Å². The molecule has 1 rings (SSSR count). The number of carbonyl (C=O) groups excluding carboxylic acids is 2. The lowest BCUT2D eigenvalue weighted by Gasteiger charge is -2.12. The zero-order valence-electron chi connectivity index (χ0n) is 9.58. The second-order valence-corrected chi connectivity index (χ2v) is 3.36. The Balaban J connectivity index is 2.55. The average Bonchev–Trinajstić information content (AvgIpc) is 2.87. The molecule has 18 heavy (non-hydrogen) atoms. The number of carboxylic acids is 1. The molecule has 0 bridgehead atoms. The van der Waals surface area contributed by atoms with E-state index in [0.717, 1.165) is 0 Å². The molecule has 1 aromatic rings. The number of carboxylic acid groups (broad SMARTS) is 1. The molecule has 0 aromatic carbocycles. The highest BCUT2D eigenvalue weighted by atomic mass is 16.5. The summed E-state index contributed by atoms with van der Waals surface area (Å²) in [6.07, 6.45) is 1.03. The van der Waals surface area contributed by atoms with Crippen LogP contribution < -0.4 is 5.32 Å². The molecule has 1 amide bonds. The standard InChI is InChI=1S/C10H12N2O6/c1-17-8(13)3-2-7(10(15)16)11-9(14)6-4-5-18-12-6/h4-5,7H,2-3H2,1H3,(H,11,14)(H,15,16)/t7-/m0/s1. The van der Waals surface area contributed by atoms with E-state index in [1.165, 1.54) is 19.4 Å². The summed E-state index contributed by atoms with van der Waals surface area (Å²) in [5.41, 5.74) is -0.0284. The van der Waals surface area contributed by atoms with E-state index < -0.39 is 23.9 Å². The van der Waals surface area contributed by atoms with E-state index in [9.17, 15) is 14.4 Å². The number of methoxy groups -OCH3 is 1. The van der Waals surface area contributed by atoms with E-state index >= 15 is 0 Å². The molecule has 0 saturated heterocycles. The molecule has 1 aromatic heterocycles. The molecule has 0 aliphatic heterocycles. The van der Waals surface area contributed by atoms with E-state index in [2.05, 4.69) is 19.7 Å². The molecule has 8 nitrogen and oxygen atoms in total. The second kappa shape index (κ2) is 6.38. The Kier molecular flexibility index (Phi) is 4.85. The highest BCUT2D eigenvalue weighted by Crippen LogP contribution is 2.02. The van der Waals surface area contributed by atoms with Gasteiger partial charge in [0.2, 0.25) is 0 Å². The number of amides is 1. The number of nitrogens with zero attached hydrogens (tertiary/aromatic N) is 1. The molecule has 0 radical (unpaired) electrons. The van der Waals surface area contributed by atoms with E-state index in [0.29, 0.717) is 0 Å². The summed E-state index contributed by atoms with van der Waals surface area (Å²) in [6, 6.07) is 0.113. The van der Waals surface area contributed by atoms with Gasteiger partial charge in [-0.05, 0) is 6.42 Å². The van der Waals surface area contributed by atoms with Crippen molar-refractivity contribution in [1.82, 2.24) is 10.5 Å². The quantitative estimate of drug-likeness (QED) is 0.677. The Bertz CT molecular complexity index is 428. The number of rotatable bonds is 6. The number of hydrogen-bond donors (Lipinski definition) is 2. The molecule has 0 aliphatic carbocycles. The summed E-state index contributed by atoms with van der Waals surface area (Å²) in [7, 11) is 1.20. The van der Waals surface area contributed by atoms with Gasteiger partial charge >= 0.3 is 11.9 Å². The van der Waals surface area contributed by atoms with Gasteiger partial charge in [-0.2, -0.15) is 0 Å². The zero-order valence-corrected chi connectivity index (χ0v) is 9.58. The summed E-state index contributed by atoms with van der Waals surface area (Å²) < 4.78 is 8.85. The molecule has 0 aliphatic rings. The van der Waals surface area contributed by atoms with Crippen molar-refractivity contribution in [2.45, 2.75) is 18.9 Å². The van der Waals surface area contributed by atoms with Crippen LogP contribution in [0.5, 0.6) is 0 Å².